The van der Waals surface area contributed by atoms with E-state index in [1.54, 1.807) is 0 Å². The van der Waals surface area contributed by atoms with E-state index < -0.39 is 0 Å². The van der Waals surface area contributed by atoms with Crippen molar-refractivity contribution in [2.24, 2.45) is 0 Å². The molecule has 0 aliphatic heterocycles. The molecule has 0 aromatic carbocycles. The summed E-state index contributed by atoms with van der Waals surface area (Å²) in [5.74, 6) is 0. The highest BCUT2D eigenvalue weighted by Gasteiger charge is 1.34. The van der Waals surface area contributed by atoms with E-state index in [4.69, 9.17) is 20.0 Å². The normalized spacial score (nSPS) is 1.79. The molecule has 7 heteroatoms. The molecular weight excluding hydrogens is 196 g/mol. The van der Waals surface area contributed by atoms with Crippen molar-refractivity contribution in [3.8, 4) is 0 Å². The van der Waals surface area contributed by atoms with Gasteiger partial charge in [0, 0.05) is 9.93 Å². The molecule has 0 aliphatic rings. The van der Waals surface area contributed by atoms with E-state index in [1.807, 2.05) is 0 Å². The summed E-state index contributed by atoms with van der Waals surface area (Å²) in [6.07, 6.45) is 0. The number of carbonyl (C=O) groups is 1. The van der Waals surface area contributed by atoms with Gasteiger partial charge in [-0.3, -0.25) is 4.79 Å². The Labute approximate surface area is 87.9 Å². The minimum Gasteiger partial charge on any atom is -0.870 e. The maximum atomic E-state index is 8.64. The Kier molecular flexibility index (Phi) is 24100. The smallest absolute Gasteiger partial charge is 0.287 e. The molecule has 14 heavy (non-hydrogen) atoms. The van der Waals surface area contributed by atoms with Gasteiger partial charge in [0.25, 0.3) is 6.47 Å². The lowest BCUT2D eigenvalue weighted by molar-refractivity contribution is -0.652. The average molecular weight is 224 g/mol. The lowest BCUT2D eigenvalue weighted by atomic mass is 11.7. The molecule has 0 aromatic rings. The Morgan fingerprint density at radius 3 is 0.929 bits per heavy atom. The van der Waals surface area contributed by atoms with Crippen LogP contribution in [0, 0.1) is 9.93 Å². The van der Waals surface area contributed by atoms with Crippen molar-refractivity contribution in [3.63, 3.8) is 0 Å². The molecule has 7 nitrogen and oxygen atoms in total. The van der Waals surface area contributed by atoms with Gasteiger partial charge >= 0.3 is 0 Å². The quantitative estimate of drug-likeness (QED) is 0.373. The Hall–Kier alpha value is -1.05. The SMILES string of the molecule is C.C.C.C.C.C.O.O=CO[O-].O=O.[OH-]. The fraction of sp³-hybridized carbons (Fsp3) is 0.857. The molecule has 0 atom stereocenters. The summed E-state index contributed by atoms with van der Waals surface area (Å²) in [7, 11) is 0. The van der Waals surface area contributed by atoms with Crippen LogP contribution >= 0.6 is 0 Å². The molecule has 0 spiro atoms. The van der Waals surface area contributed by atoms with Gasteiger partial charge in [0.2, 0.25) is 0 Å². The van der Waals surface area contributed by atoms with Crippen molar-refractivity contribution in [1.82, 2.24) is 0 Å². The number of carbonyl (C=O) groups excluding carboxylic acids is 1. The van der Waals surface area contributed by atoms with Gasteiger partial charge in [-0.05, 0) is 0 Å². The molecular formula is C7H28O7-2. The van der Waals surface area contributed by atoms with Crippen LogP contribution in [0.4, 0.5) is 0 Å². The summed E-state index contributed by atoms with van der Waals surface area (Å²) in [6.45, 7) is -0.181. The van der Waals surface area contributed by atoms with Gasteiger partial charge in [0.05, 0.1) is 0 Å². The molecule has 0 saturated heterocycles. The second kappa shape index (κ2) is 1590. The highest BCUT2D eigenvalue weighted by molar-refractivity contribution is 5.35. The summed E-state index contributed by atoms with van der Waals surface area (Å²) < 4.78 is 0. The first-order valence-electron chi connectivity index (χ1n) is 0.805. The van der Waals surface area contributed by atoms with E-state index in [1.165, 1.54) is 0 Å². The molecule has 0 aromatic heterocycles. The van der Waals surface area contributed by atoms with Gasteiger partial charge in [-0.2, -0.15) is 0 Å². The summed E-state index contributed by atoms with van der Waals surface area (Å²) in [5, 5.41) is 8.43. The van der Waals surface area contributed by atoms with Crippen molar-refractivity contribution < 1.29 is 25.9 Å². The maximum Gasteiger partial charge on any atom is 0.287 e. The Bertz CT molecular complexity index is 35.2. The van der Waals surface area contributed by atoms with Crippen LogP contribution in [0.2, 0.25) is 0 Å². The van der Waals surface area contributed by atoms with Gasteiger partial charge in [-0.15, -0.1) is 0 Å². The highest BCUT2D eigenvalue weighted by atomic mass is 17.1. The molecule has 0 saturated carbocycles. The first kappa shape index (κ1) is 213. The van der Waals surface area contributed by atoms with Crippen LogP contribution in [-0.4, -0.2) is 17.4 Å². The fourth-order valence-corrected chi connectivity index (χ4v) is 0. The summed E-state index contributed by atoms with van der Waals surface area (Å²) in [4.78, 5) is 25.2. The van der Waals surface area contributed by atoms with Gasteiger partial charge in [0.15, 0.2) is 0 Å². The predicted octanol–water partition coefficient (Wildman–Crippen LogP) is 1.32. The minimum atomic E-state index is -0.181. The van der Waals surface area contributed by atoms with Gasteiger partial charge in [-0.25, -0.2) is 0 Å². The topological polar surface area (TPSA) is 145 Å². The average Bonchev–Trinajstić information content (AvgIpc) is 1.72. The Morgan fingerprint density at radius 1 is 0.857 bits per heavy atom. The number of hydrogen-bond acceptors (Lipinski definition) is 6. The zero-order valence-corrected chi connectivity index (χ0v) is 3.57. The number of rotatable bonds is 1. The van der Waals surface area contributed by atoms with Crippen LogP contribution < -0.4 is 5.26 Å². The molecule has 0 fully saturated rings. The minimum absolute atomic E-state index is 0. The van der Waals surface area contributed by atoms with Crippen LogP contribution in [0.15, 0.2) is 0 Å². The van der Waals surface area contributed by atoms with E-state index >= 15 is 0 Å². The zero-order chi connectivity index (χ0) is 5.41. The maximum absolute atomic E-state index is 8.64. The Balaban J connectivity index is -0.00000000192. The summed E-state index contributed by atoms with van der Waals surface area (Å²) >= 11 is 0. The molecule has 0 aliphatic carbocycles. The van der Waals surface area contributed by atoms with Crippen molar-refractivity contribution in [1.29, 1.82) is 0 Å². The third kappa shape index (κ3) is 434000. The second-order valence-electron chi connectivity index (χ2n) is 0.192. The highest BCUT2D eigenvalue weighted by Crippen LogP contribution is 1.22. The van der Waals surface area contributed by atoms with Crippen molar-refractivity contribution in [2.45, 2.75) is 44.6 Å². The van der Waals surface area contributed by atoms with E-state index in [-0.39, 0.29) is 62.0 Å². The molecule has 0 radical (unpaired) electrons. The predicted molar refractivity (Wildman–Crippen MR) is 59.8 cm³/mol. The fourth-order valence-electron chi connectivity index (χ4n) is 0. The van der Waals surface area contributed by atoms with Crippen LogP contribution in [0.1, 0.15) is 44.6 Å². The van der Waals surface area contributed by atoms with E-state index in [2.05, 4.69) is 4.89 Å². The standard InChI is InChI=1S/CH2O3.6CH4.O2.2H2O/c2-1-4-3;;;;;;;1-2;;/h1,3H;6*1H4;;2*1H2/p-2. The van der Waals surface area contributed by atoms with Crippen LogP contribution in [0.3, 0.4) is 0 Å². The summed E-state index contributed by atoms with van der Waals surface area (Å²) in [5.41, 5.74) is 0. The van der Waals surface area contributed by atoms with Crippen molar-refractivity contribution >= 4 is 6.47 Å². The molecule has 3 N–H and O–H groups in total. The molecule has 0 amide bonds. The van der Waals surface area contributed by atoms with Gasteiger partial charge in [-0.1, -0.05) is 44.6 Å². The third-order valence-electron chi connectivity index (χ3n) is 0.0393. The van der Waals surface area contributed by atoms with E-state index in [0.717, 1.165) is 0 Å². The third-order valence-corrected chi connectivity index (χ3v) is 0.0393. The van der Waals surface area contributed by atoms with Crippen molar-refractivity contribution in [2.75, 3.05) is 0 Å². The largest absolute Gasteiger partial charge is 0.870 e. The van der Waals surface area contributed by atoms with Gasteiger partial charge in [0.1, 0.15) is 0 Å². The Morgan fingerprint density at radius 2 is 0.929 bits per heavy atom. The van der Waals surface area contributed by atoms with E-state index in [9.17, 15) is 0 Å². The molecule has 0 heterocycles. The number of hydrogen-bond donors (Lipinski definition) is 0. The monoisotopic (exact) mass is 224 g/mol. The zero-order valence-electron chi connectivity index (χ0n) is 3.57. The van der Waals surface area contributed by atoms with Crippen LogP contribution in [-0.2, 0) is 9.68 Å². The molecule has 0 rings (SSSR count). The van der Waals surface area contributed by atoms with Crippen LogP contribution in [0.5, 0.6) is 0 Å². The van der Waals surface area contributed by atoms with Crippen molar-refractivity contribution in [3.05, 3.63) is 9.93 Å². The lowest BCUT2D eigenvalue weighted by Crippen LogP contribution is -2.00. The van der Waals surface area contributed by atoms with E-state index in [0.29, 0.717) is 0 Å². The summed E-state index contributed by atoms with van der Waals surface area (Å²) in [6, 6.07) is 0. The second-order valence-corrected chi connectivity index (χ2v) is 0.192. The van der Waals surface area contributed by atoms with Crippen LogP contribution in [0.25, 0.3) is 0 Å². The molecule has 0 bridgehead atoms. The molecule has 100 valence electrons. The first-order valence-corrected chi connectivity index (χ1v) is 0.805. The van der Waals surface area contributed by atoms with Gasteiger partial charge < -0.3 is 21.1 Å². The first-order chi connectivity index (χ1) is 2.91. The lowest BCUT2D eigenvalue weighted by Gasteiger charge is -1.88. The molecule has 0 unspecified atom stereocenters.